The quantitative estimate of drug-likeness (QED) is 0.774. The number of hydrogen-bond donors (Lipinski definition) is 2. The van der Waals surface area contributed by atoms with Crippen LogP contribution >= 0.6 is 0 Å². The summed E-state index contributed by atoms with van der Waals surface area (Å²) in [5.74, 6) is 0. The van der Waals surface area contributed by atoms with E-state index in [9.17, 15) is 9.90 Å². The van der Waals surface area contributed by atoms with Gasteiger partial charge in [0.05, 0.1) is 12.7 Å². The average molecular weight is 244 g/mol. The number of urea groups is 1. The number of amides is 2. The third-order valence-corrected chi connectivity index (χ3v) is 3.28. The fourth-order valence-corrected chi connectivity index (χ4v) is 2.37. The summed E-state index contributed by atoms with van der Waals surface area (Å²) >= 11 is 0. The monoisotopic (exact) mass is 244 g/mol. The van der Waals surface area contributed by atoms with Gasteiger partial charge in [-0.05, 0) is 33.1 Å². The second kappa shape index (κ2) is 6.81. The van der Waals surface area contributed by atoms with Crippen molar-refractivity contribution in [3.63, 3.8) is 0 Å². The van der Waals surface area contributed by atoms with Crippen molar-refractivity contribution in [1.82, 2.24) is 10.2 Å². The SMILES string of the molecule is COCC(O)CNC(=O)N1C(C)CCCC1C. The maximum atomic E-state index is 12.0. The van der Waals surface area contributed by atoms with Crippen LogP contribution in [-0.2, 0) is 4.74 Å². The number of carbonyl (C=O) groups excluding carboxylic acids is 1. The highest BCUT2D eigenvalue weighted by molar-refractivity contribution is 5.75. The molecule has 0 bridgehead atoms. The van der Waals surface area contributed by atoms with Crippen molar-refractivity contribution in [2.24, 2.45) is 0 Å². The molecule has 1 rings (SSSR count). The maximum absolute atomic E-state index is 12.0. The zero-order chi connectivity index (χ0) is 12.8. The largest absolute Gasteiger partial charge is 0.389 e. The lowest BCUT2D eigenvalue weighted by atomic mass is 9.98. The minimum atomic E-state index is -0.639. The molecule has 3 atom stereocenters. The standard InChI is InChI=1S/C12H24N2O3/c1-9-5-4-6-10(2)14(9)12(16)13-7-11(15)8-17-3/h9-11,15H,4-8H2,1-3H3,(H,13,16). The molecule has 2 N–H and O–H groups in total. The number of methoxy groups -OCH3 is 1. The minimum Gasteiger partial charge on any atom is -0.389 e. The van der Waals surface area contributed by atoms with Crippen molar-refractivity contribution in [1.29, 1.82) is 0 Å². The van der Waals surface area contributed by atoms with Gasteiger partial charge in [-0.25, -0.2) is 4.79 Å². The fraction of sp³-hybridized carbons (Fsp3) is 0.917. The normalized spacial score (nSPS) is 26.7. The second-order valence-electron chi connectivity index (χ2n) is 4.83. The number of nitrogens with one attached hydrogen (secondary N) is 1. The van der Waals surface area contributed by atoms with Crippen LogP contribution in [0.5, 0.6) is 0 Å². The van der Waals surface area contributed by atoms with Crippen LogP contribution in [0, 0.1) is 0 Å². The second-order valence-corrected chi connectivity index (χ2v) is 4.83. The van der Waals surface area contributed by atoms with Gasteiger partial charge in [0.15, 0.2) is 0 Å². The summed E-state index contributed by atoms with van der Waals surface area (Å²) in [5.41, 5.74) is 0. The van der Waals surface area contributed by atoms with E-state index in [0.29, 0.717) is 0 Å². The summed E-state index contributed by atoms with van der Waals surface area (Å²) in [6.45, 7) is 4.62. The Kier molecular flexibility index (Phi) is 5.71. The molecule has 1 heterocycles. The van der Waals surface area contributed by atoms with Gasteiger partial charge in [0, 0.05) is 25.7 Å². The fourth-order valence-electron chi connectivity index (χ4n) is 2.37. The molecule has 0 spiro atoms. The Labute approximate surface area is 103 Å². The molecule has 3 unspecified atom stereocenters. The molecule has 1 saturated heterocycles. The summed E-state index contributed by atoms with van der Waals surface area (Å²) in [5, 5.41) is 12.2. The number of carbonyl (C=O) groups is 1. The molecule has 17 heavy (non-hydrogen) atoms. The van der Waals surface area contributed by atoms with E-state index in [1.54, 1.807) is 0 Å². The molecule has 5 heteroatoms. The van der Waals surface area contributed by atoms with Gasteiger partial charge in [-0.15, -0.1) is 0 Å². The first-order chi connectivity index (χ1) is 8.06. The lowest BCUT2D eigenvalue weighted by Gasteiger charge is -2.39. The van der Waals surface area contributed by atoms with Crippen molar-refractivity contribution in [2.75, 3.05) is 20.3 Å². The van der Waals surface area contributed by atoms with Crippen LogP contribution in [-0.4, -0.2) is 54.5 Å². The van der Waals surface area contributed by atoms with Crippen molar-refractivity contribution < 1.29 is 14.6 Å². The van der Waals surface area contributed by atoms with Gasteiger partial charge < -0.3 is 20.1 Å². The number of piperidine rings is 1. The molecule has 0 aliphatic carbocycles. The Hall–Kier alpha value is -0.810. The predicted octanol–water partition coefficient (Wildman–Crippen LogP) is 0.966. The van der Waals surface area contributed by atoms with E-state index in [4.69, 9.17) is 4.74 Å². The van der Waals surface area contributed by atoms with Crippen LogP contribution < -0.4 is 5.32 Å². The summed E-state index contributed by atoms with van der Waals surface area (Å²) in [6.07, 6.45) is 2.65. The number of ether oxygens (including phenoxy) is 1. The van der Waals surface area contributed by atoms with E-state index < -0.39 is 6.10 Å². The third-order valence-electron chi connectivity index (χ3n) is 3.28. The minimum absolute atomic E-state index is 0.0835. The van der Waals surface area contributed by atoms with Gasteiger partial charge in [-0.2, -0.15) is 0 Å². The van der Waals surface area contributed by atoms with Crippen LogP contribution in [0.4, 0.5) is 4.79 Å². The predicted molar refractivity (Wildman–Crippen MR) is 65.9 cm³/mol. The molecule has 0 saturated carbocycles. The van der Waals surface area contributed by atoms with E-state index >= 15 is 0 Å². The van der Waals surface area contributed by atoms with Crippen molar-refractivity contribution >= 4 is 6.03 Å². The number of rotatable bonds is 4. The van der Waals surface area contributed by atoms with Gasteiger partial charge >= 0.3 is 6.03 Å². The Balaban J connectivity index is 2.40. The maximum Gasteiger partial charge on any atom is 0.317 e. The highest BCUT2D eigenvalue weighted by Gasteiger charge is 2.28. The summed E-state index contributed by atoms with van der Waals surface area (Å²) < 4.78 is 4.81. The molecule has 1 aliphatic heterocycles. The number of aliphatic hydroxyl groups is 1. The molecular weight excluding hydrogens is 220 g/mol. The molecule has 0 aromatic heterocycles. The van der Waals surface area contributed by atoms with Crippen molar-refractivity contribution in [3.05, 3.63) is 0 Å². The van der Waals surface area contributed by atoms with Crippen molar-refractivity contribution in [3.8, 4) is 0 Å². The van der Waals surface area contributed by atoms with Crippen molar-refractivity contribution in [2.45, 2.75) is 51.3 Å². The van der Waals surface area contributed by atoms with Crippen LogP contribution in [0.2, 0.25) is 0 Å². The zero-order valence-electron chi connectivity index (χ0n) is 11.0. The number of nitrogens with zero attached hydrogens (tertiary/aromatic N) is 1. The van der Waals surface area contributed by atoms with Gasteiger partial charge in [-0.3, -0.25) is 0 Å². The van der Waals surface area contributed by atoms with E-state index in [-0.39, 0.29) is 31.3 Å². The number of hydrogen-bond acceptors (Lipinski definition) is 3. The Morgan fingerprint density at radius 1 is 1.47 bits per heavy atom. The first-order valence-corrected chi connectivity index (χ1v) is 6.29. The van der Waals surface area contributed by atoms with Crippen LogP contribution in [0.25, 0.3) is 0 Å². The molecule has 1 fully saturated rings. The first kappa shape index (κ1) is 14.3. The number of aliphatic hydroxyl groups excluding tert-OH is 1. The molecule has 1 aliphatic rings. The molecule has 100 valence electrons. The summed E-state index contributed by atoms with van der Waals surface area (Å²) in [6, 6.07) is 0.469. The Morgan fingerprint density at radius 2 is 2.06 bits per heavy atom. The van der Waals surface area contributed by atoms with Crippen LogP contribution in [0.1, 0.15) is 33.1 Å². The lowest BCUT2D eigenvalue weighted by molar-refractivity contribution is 0.0621. The third kappa shape index (κ3) is 4.16. The summed E-state index contributed by atoms with van der Waals surface area (Å²) in [7, 11) is 1.53. The molecule has 0 radical (unpaired) electrons. The van der Waals surface area contributed by atoms with Crippen LogP contribution in [0.15, 0.2) is 0 Å². The highest BCUT2D eigenvalue weighted by Crippen LogP contribution is 2.22. The molecule has 2 amide bonds. The van der Waals surface area contributed by atoms with E-state index in [2.05, 4.69) is 19.2 Å². The lowest BCUT2D eigenvalue weighted by Crippen LogP contribution is -2.53. The molecule has 0 aromatic carbocycles. The summed E-state index contributed by atoms with van der Waals surface area (Å²) in [4.78, 5) is 13.9. The molecule has 0 aromatic rings. The highest BCUT2D eigenvalue weighted by atomic mass is 16.5. The zero-order valence-corrected chi connectivity index (χ0v) is 11.0. The van der Waals surface area contributed by atoms with Gasteiger partial charge in [0.25, 0.3) is 0 Å². The Bertz CT molecular complexity index is 238. The number of likely N-dealkylation sites (tertiary alicyclic amines) is 1. The Morgan fingerprint density at radius 3 is 2.59 bits per heavy atom. The van der Waals surface area contributed by atoms with E-state index in [0.717, 1.165) is 12.8 Å². The van der Waals surface area contributed by atoms with Gasteiger partial charge in [-0.1, -0.05) is 0 Å². The molecular formula is C12H24N2O3. The topological polar surface area (TPSA) is 61.8 Å². The molecule has 5 nitrogen and oxygen atoms in total. The van der Waals surface area contributed by atoms with Crippen LogP contribution in [0.3, 0.4) is 0 Å². The van der Waals surface area contributed by atoms with E-state index in [1.807, 2.05) is 4.90 Å². The van der Waals surface area contributed by atoms with E-state index in [1.165, 1.54) is 13.5 Å². The smallest absolute Gasteiger partial charge is 0.317 e. The van der Waals surface area contributed by atoms with Gasteiger partial charge in [0.2, 0.25) is 0 Å². The first-order valence-electron chi connectivity index (χ1n) is 6.29. The van der Waals surface area contributed by atoms with Gasteiger partial charge in [0.1, 0.15) is 0 Å². The average Bonchev–Trinajstić information content (AvgIpc) is 2.26.